The monoisotopic (exact) mass is 214 g/mol. The van der Waals surface area contributed by atoms with E-state index in [9.17, 15) is 4.79 Å². The number of hydrogen-bond donors (Lipinski definition) is 2. The lowest BCUT2D eigenvalue weighted by molar-refractivity contribution is -0.122. The number of ether oxygens (including phenoxy) is 1. The van der Waals surface area contributed by atoms with Gasteiger partial charge in [-0.15, -0.1) is 0 Å². The van der Waals surface area contributed by atoms with Crippen LogP contribution in [0.4, 0.5) is 0 Å². The van der Waals surface area contributed by atoms with Gasteiger partial charge >= 0.3 is 0 Å². The molecule has 0 heterocycles. The number of rotatable bonds is 7. The summed E-state index contributed by atoms with van der Waals surface area (Å²) in [5, 5.41) is 2.88. The van der Waals surface area contributed by atoms with Crippen molar-refractivity contribution in [2.45, 2.75) is 45.2 Å². The fourth-order valence-electron chi connectivity index (χ4n) is 1.58. The average molecular weight is 214 g/mol. The summed E-state index contributed by atoms with van der Waals surface area (Å²) in [6, 6.07) is 0.119. The van der Waals surface area contributed by atoms with E-state index in [1.54, 1.807) is 0 Å². The van der Waals surface area contributed by atoms with Crippen LogP contribution in [-0.2, 0) is 9.53 Å². The molecule has 1 aliphatic carbocycles. The zero-order valence-electron chi connectivity index (χ0n) is 9.66. The predicted molar refractivity (Wildman–Crippen MR) is 59.4 cm³/mol. The summed E-state index contributed by atoms with van der Waals surface area (Å²) in [6.45, 7) is 5.14. The van der Waals surface area contributed by atoms with E-state index in [0.29, 0.717) is 25.6 Å². The minimum atomic E-state index is 0.0432. The Hall–Kier alpha value is -0.610. The van der Waals surface area contributed by atoms with Gasteiger partial charge in [-0.05, 0) is 32.6 Å². The van der Waals surface area contributed by atoms with Crippen LogP contribution in [0.15, 0.2) is 0 Å². The number of hydrogen-bond acceptors (Lipinski definition) is 3. The first-order valence-corrected chi connectivity index (χ1v) is 5.76. The highest BCUT2D eigenvalue weighted by Gasteiger charge is 2.29. The minimum Gasteiger partial charge on any atom is -0.380 e. The number of nitrogens with two attached hydrogens (primary N) is 1. The van der Waals surface area contributed by atoms with Crippen molar-refractivity contribution in [1.29, 1.82) is 0 Å². The molecule has 0 aromatic carbocycles. The fourth-order valence-corrected chi connectivity index (χ4v) is 1.58. The largest absolute Gasteiger partial charge is 0.380 e. The van der Waals surface area contributed by atoms with Crippen molar-refractivity contribution in [3.63, 3.8) is 0 Å². The van der Waals surface area contributed by atoms with Crippen molar-refractivity contribution in [2.24, 2.45) is 11.7 Å². The highest BCUT2D eigenvalue weighted by atomic mass is 16.5. The Bertz CT molecular complexity index is 205. The third kappa shape index (κ3) is 5.14. The lowest BCUT2D eigenvalue weighted by atomic mass is 10.1. The Kier molecular flexibility index (Phi) is 5.05. The molecule has 1 fully saturated rings. The topological polar surface area (TPSA) is 64.3 Å². The first-order chi connectivity index (χ1) is 7.13. The standard InChI is InChI=1S/C11H22N2O2/c1-3-15-7-8(2)13-11(14)6-10(12)9-4-5-9/h8-10H,3-7,12H2,1-2H3,(H,13,14). The van der Waals surface area contributed by atoms with Gasteiger partial charge in [-0.3, -0.25) is 4.79 Å². The lowest BCUT2D eigenvalue weighted by Crippen LogP contribution is -2.39. The van der Waals surface area contributed by atoms with E-state index in [-0.39, 0.29) is 18.0 Å². The molecular weight excluding hydrogens is 192 g/mol. The molecule has 0 radical (unpaired) electrons. The second kappa shape index (κ2) is 6.08. The molecule has 4 heteroatoms. The van der Waals surface area contributed by atoms with Crippen LogP contribution in [0.2, 0.25) is 0 Å². The predicted octanol–water partition coefficient (Wildman–Crippen LogP) is 0.655. The van der Waals surface area contributed by atoms with Crippen molar-refractivity contribution in [2.75, 3.05) is 13.2 Å². The molecule has 88 valence electrons. The highest BCUT2D eigenvalue weighted by molar-refractivity contribution is 5.76. The lowest BCUT2D eigenvalue weighted by Gasteiger charge is -2.15. The maximum absolute atomic E-state index is 11.5. The van der Waals surface area contributed by atoms with Gasteiger partial charge in [0.1, 0.15) is 0 Å². The van der Waals surface area contributed by atoms with E-state index >= 15 is 0 Å². The van der Waals surface area contributed by atoms with Gasteiger partial charge in [0.25, 0.3) is 0 Å². The molecule has 0 saturated heterocycles. The van der Waals surface area contributed by atoms with Crippen molar-refractivity contribution in [3.8, 4) is 0 Å². The molecule has 0 aliphatic heterocycles. The summed E-state index contributed by atoms with van der Waals surface area (Å²) < 4.78 is 5.21. The van der Waals surface area contributed by atoms with E-state index in [1.807, 2.05) is 13.8 Å². The highest BCUT2D eigenvalue weighted by Crippen LogP contribution is 2.32. The molecule has 1 amide bonds. The van der Waals surface area contributed by atoms with E-state index in [2.05, 4.69) is 5.32 Å². The Morgan fingerprint density at radius 1 is 1.60 bits per heavy atom. The van der Waals surface area contributed by atoms with Crippen LogP contribution in [0.5, 0.6) is 0 Å². The third-order valence-electron chi connectivity index (χ3n) is 2.63. The van der Waals surface area contributed by atoms with Crippen LogP contribution >= 0.6 is 0 Å². The summed E-state index contributed by atoms with van der Waals surface area (Å²) in [5.74, 6) is 0.625. The summed E-state index contributed by atoms with van der Waals surface area (Å²) in [4.78, 5) is 11.5. The van der Waals surface area contributed by atoms with Crippen LogP contribution < -0.4 is 11.1 Å². The smallest absolute Gasteiger partial charge is 0.221 e. The van der Waals surface area contributed by atoms with Crippen LogP contribution in [0.25, 0.3) is 0 Å². The zero-order valence-corrected chi connectivity index (χ0v) is 9.66. The molecule has 4 nitrogen and oxygen atoms in total. The molecule has 0 spiro atoms. The summed E-state index contributed by atoms with van der Waals surface area (Å²) in [7, 11) is 0. The van der Waals surface area contributed by atoms with Crippen LogP contribution in [0, 0.1) is 5.92 Å². The number of amides is 1. The van der Waals surface area contributed by atoms with Crippen LogP contribution in [0.3, 0.4) is 0 Å². The van der Waals surface area contributed by atoms with Gasteiger partial charge in [0.2, 0.25) is 5.91 Å². The molecule has 0 aromatic heterocycles. The van der Waals surface area contributed by atoms with E-state index in [1.165, 1.54) is 12.8 Å². The van der Waals surface area contributed by atoms with Crippen molar-refractivity contribution in [3.05, 3.63) is 0 Å². The quantitative estimate of drug-likeness (QED) is 0.654. The van der Waals surface area contributed by atoms with Crippen LogP contribution in [0.1, 0.15) is 33.1 Å². The molecule has 0 aromatic rings. The third-order valence-corrected chi connectivity index (χ3v) is 2.63. The summed E-state index contributed by atoms with van der Waals surface area (Å²) in [5.41, 5.74) is 5.86. The molecule has 15 heavy (non-hydrogen) atoms. The van der Waals surface area contributed by atoms with Gasteiger partial charge in [-0.2, -0.15) is 0 Å². The molecule has 1 saturated carbocycles. The van der Waals surface area contributed by atoms with Gasteiger partial charge < -0.3 is 15.8 Å². The molecule has 3 N–H and O–H groups in total. The summed E-state index contributed by atoms with van der Waals surface area (Å²) in [6.07, 6.45) is 2.81. The maximum atomic E-state index is 11.5. The van der Waals surface area contributed by atoms with Gasteiger partial charge in [0.05, 0.1) is 6.61 Å². The van der Waals surface area contributed by atoms with Crippen molar-refractivity contribution < 1.29 is 9.53 Å². The normalized spacial score (nSPS) is 19.7. The van der Waals surface area contributed by atoms with E-state index in [0.717, 1.165) is 0 Å². The van der Waals surface area contributed by atoms with Crippen molar-refractivity contribution in [1.82, 2.24) is 5.32 Å². The van der Waals surface area contributed by atoms with Gasteiger partial charge in [-0.1, -0.05) is 0 Å². The van der Waals surface area contributed by atoms with Crippen LogP contribution in [-0.4, -0.2) is 31.2 Å². The number of carbonyl (C=O) groups is 1. The average Bonchev–Trinajstić information content (AvgIpc) is 2.97. The fraction of sp³-hybridized carbons (Fsp3) is 0.909. The SMILES string of the molecule is CCOCC(C)NC(=O)CC(N)C1CC1. The molecule has 0 bridgehead atoms. The number of nitrogens with one attached hydrogen (secondary N) is 1. The molecular formula is C11H22N2O2. The van der Waals surface area contributed by atoms with E-state index < -0.39 is 0 Å². The molecule has 2 unspecified atom stereocenters. The van der Waals surface area contributed by atoms with Gasteiger partial charge in [0.15, 0.2) is 0 Å². The van der Waals surface area contributed by atoms with Gasteiger partial charge in [0, 0.05) is 25.1 Å². The Morgan fingerprint density at radius 2 is 2.27 bits per heavy atom. The Balaban J connectivity index is 2.10. The Labute approximate surface area is 91.5 Å². The maximum Gasteiger partial charge on any atom is 0.221 e. The van der Waals surface area contributed by atoms with Gasteiger partial charge in [-0.25, -0.2) is 0 Å². The molecule has 2 atom stereocenters. The molecule has 1 aliphatic rings. The second-order valence-corrected chi connectivity index (χ2v) is 4.33. The second-order valence-electron chi connectivity index (χ2n) is 4.33. The molecule has 1 rings (SSSR count). The first-order valence-electron chi connectivity index (χ1n) is 5.76. The van der Waals surface area contributed by atoms with E-state index in [4.69, 9.17) is 10.5 Å². The summed E-state index contributed by atoms with van der Waals surface area (Å²) >= 11 is 0. The Morgan fingerprint density at radius 3 is 2.80 bits per heavy atom. The number of carbonyl (C=O) groups excluding carboxylic acids is 1. The zero-order chi connectivity index (χ0) is 11.3. The first kappa shape index (κ1) is 12.5. The minimum absolute atomic E-state index is 0.0432. The van der Waals surface area contributed by atoms with Crippen molar-refractivity contribution >= 4 is 5.91 Å².